The van der Waals surface area contributed by atoms with Crippen LogP contribution in [0.15, 0.2) is 0 Å². The molecule has 0 spiro atoms. The Labute approximate surface area is 71.8 Å². The van der Waals surface area contributed by atoms with Gasteiger partial charge in [0.25, 0.3) is 0 Å². The fourth-order valence-electron chi connectivity index (χ4n) is 0.496. The Bertz CT molecular complexity index is 121. The van der Waals surface area contributed by atoms with Crippen molar-refractivity contribution in [3.63, 3.8) is 0 Å². The van der Waals surface area contributed by atoms with Crippen LogP contribution in [0.25, 0.3) is 0 Å². The SMILES string of the molecule is CCOC(N)COC(=S)CN. The monoisotopic (exact) mass is 178 g/mol. The minimum atomic E-state index is -0.413. The van der Waals surface area contributed by atoms with Crippen LogP contribution >= 0.6 is 12.2 Å². The lowest BCUT2D eigenvalue weighted by Crippen LogP contribution is -2.31. The van der Waals surface area contributed by atoms with Crippen LogP contribution in [0.3, 0.4) is 0 Å². The molecule has 0 radical (unpaired) electrons. The van der Waals surface area contributed by atoms with Gasteiger partial charge in [-0.05, 0) is 19.1 Å². The molecule has 1 atom stereocenters. The van der Waals surface area contributed by atoms with Crippen LogP contribution in [-0.4, -0.2) is 31.0 Å². The smallest absolute Gasteiger partial charge is 0.173 e. The Morgan fingerprint density at radius 1 is 1.64 bits per heavy atom. The molecule has 0 aliphatic rings. The molecule has 0 saturated heterocycles. The molecule has 11 heavy (non-hydrogen) atoms. The Morgan fingerprint density at radius 2 is 2.27 bits per heavy atom. The van der Waals surface area contributed by atoms with Crippen molar-refractivity contribution >= 4 is 17.3 Å². The molecule has 0 aromatic carbocycles. The number of hydrogen-bond acceptors (Lipinski definition) is 5. The summed E-state index contributed by atoms with van der Waals surface area (Å²) in [5, 5.41) is 0.361. The van der Waals surface area contributed by atoms with E-state index in [-0.39, 0.29) is 13.2 Å². The van der Waals surface area contributed by atoms with Gasteiger partial charge in [0.15, 0.2) is 5.05 Å². The first kappa shape index (κ1) is 10.8. The van der Waals surface area contributed by atoms with Gasteiger partial charge < -0.3 is 20.9 Å². The molecule has 0 aromatic rings. The molecule has 0 aliphatic carbocycles. The maximum Gasteiger partial charge on any atom is 0.173 e. The molecule has 66 valence electrons. The van der Waals surface area contributed by atoms with Crippen molar-refractivity contribution < 1.29 is 9.47 Å². The van der Waals surface area contributed by atoms with Crippen molar-refractivity contribution in [3.8, 4) is 0 Å². The summed E-state index contributed by atoms with van der Waals surface area (Å²) in [6, 6.07) is 0. The number of ether oxygens (including phenoxy) is 2. The van der Waals surface area contributed by atoms with Crippen LogP contribution in [0.5, 0.6) is 0 Å². The minimum absolute atomic E-state index is 0.244. The van der Waals surface area contributed by atoms with Crippen molar-refractivity contribution in [1.82, 2.24) is 0 Å². The highest BCUT2D eigenvalue weighted by Gasteiger charge is 2.02. The second kappa shape index (κ2) is 6.48. The van der Waals surface area contributed by atoms with Crippen LogP contribution in [0, 0.1) is 0 Å². The van der Waals surface area contributed by atoms with Crippen molar-refractivity contribution in [1.29, 1.82) is 0 Å². The first-order valence-corrected chi connectivity index (χ1v) is 3.84. The zero-order valence-corrected chi connectivity index (χ0v) is 7.39. The van der Waals surface area contributed by atoms with Gasteiger partial charge in [-0.1, -0.05) is 0 Å². The highest BCUT2D eigenvalue weighted by atomic mass is 32.1. The van der Waals surface area contributed by atoms with Crippen molar-refractivity contribution in [2.45, 2.75) is 13.2 Å². The summed E-state index contributed by atoms with van der Waals surface area (Å²) in [5.74, 6) is 0. The van der Waals surface area contributed by atoms with Gasteiger partial charge in [0, 0.05) is 6.61 Å². The Morgan fingerprint density at radius 3 is 2.73 bits per heavy atom. The molecule has 0 aliphatic heterocycles. The van der Waals surface area contributed by atoms with E-state index in [1.165, 1.54) is 0 Å². The van der Waals surface area contributed by atoms with Crippen molar-refractivity contribution in [2.24, 2.45) is 11.5 Å². The van der Waals surface area contributed by atoms with E-state index in [0.29, 0.717) is 11.7 Å². The van der Waals surface area contributed by atoms with E-state index in [4.69, 9.17) is 33.2 Å². The van der Waals surface area contributed by atoms with Crippen LogP contribution in [-0.2, 0) is 9.47 Å². The van der Waals surface area contributed by atoms with Gasteiger partial charge in [-0.25, -0.2) is 0 Å². The Kier molecular flexibility index (Phi) is 6.34. The number of thiocarbonyl (C=S) groups is 1. The van der Waals surface area contributed by atoms with Gasteiger partial charge >= 0.3 is 0 Å². The summed E-state index contributed by atoms with van der Waals surface area (Å²) in [6.45, 7) is 2.94. The highest BCUT2D eigenvalue weighted by molar-refractivity contribution is 7.80. The van der Waals surface area contributed by atoms with E-state index in [1.54, 1.807) is 0 Å². The second-order valence-electron chi connectivity index (χ2n) is 1.88. The predicted molar refractivity (Wildman–Crippen MR) is 47.2 cm³/mol. The molecule has 4 N–H and O–H groups in total. The van der Waals surface area contributed by atoms with E-state index in [2.05, 4.69) is 0 Å². The maximum atomic E-state index is 5.44. The zero-order chi connectivity index (χ0) is 8.69. The largest absolute Gasteiger partial charge is 0.482 e. The average Bonchev–Trinajstić information content (AvgIpc) is 2.01. The first-order chi connectivity index (χ1) is 5.20. The highest BCUT2D eigenvalue weighted by Crippen LogP contribution is 1.86. The fourth-order valence-corrected chi connectivity index (χ4v) is 0.564. The molecule has 0 aromatic heterocycles. The molecular formula is C6H14N2O2S. The summed E-state index contributed by atoms with van der Waals surface area (Å²) in [5.41, 5.74) is 10.6. The molecule has 0 fully saturated rings. The molecule has 0 heterocycles. The maximum absolute atomic E-state index is 5.44. The quantitative estimate of drug-likeness (QED) is 0.443. The predicted octanol–water partition coefficient (Wildman–Crippen LogP) is -0.390. The Balaban J connectivity index is 3.29. The van der Waals surface area contributed by atoms with E-state index in [1.807, 2.05) is 6.92 Å². The van der Waals surface area contributed by atoms with Crippen molar-refractivity contribution in [2.75, 3.05) is 19.8 Å². The van der Waals surface area contributed by atoms with Crippen LogP contribution in [0.2, 0.25) is 0 Å². The third-order valence-electron chi connectivity index (χ3n) is 0.956. The minimum Gasteiger partial charge on any atom is -0.482 e. The lowest BCUT2D eigenvalue weighted by Gasteiger charge is -2.12. The third kappa shape index (κ3) is 6.18. The first-order valence-electron chi connectivity index (χ1n) is 3.43. The van der Waals surface area contributed by atoms with E-state index >= 15 is 0 Å². The fraction of sp³-hybridized carbons (Fsp3) is 0.833. The standard InChI is InChI=1S/C6H14N2O2S/c1-2-9-5(8)4-10-6(11)3-7/h5H,2-4,7-8H2,1H3. The number of rotatable bonds is 5. The number of hydrogen-bond donors (Lipinski definition) is 2. The lowest BCUT2D eigenvalue weighted by atomic mass is 10.6. The second-order valence-corrected chi connectivity index (χ2v) is 2.34. The summed E-state index contributed by atoms with van der Waals surface area (Å²) >= 11 is 4.70. The molecular weight excluding hydrogens is 164 g/mol. The molecule has 0 saturated carbocycles. The molecule has 0 bridgehead atoms. The zero-order valence-electron chi connectivity index (χ0n) is 6.58. The van der Waals surface area contributed by atoms with Gasteiger partial charge in [-0.3, -0.25) is 0 Å². The number of nitrogens with two attached hydrogens (primary N) is 2. The molecule has 0 amide bonds. The summed E-state index contributed by atoms with van der Waals surface area (Å²) in [7, 11) is 0. The topological polar surface area (TPSA) is 70.5 Å². The van der Waals surface area contributed by atoms with Gasteiger partial charge in [0.2, 0.25) is 0 Å². The Hall–Kier alpha value is -0.230. The molecule has 1 unspecified atom stereocenters. The normalized spacial score (nSPS) is 12.6. The van der Waals surface area contributed by atoms with Crippen LogP contribution < -0.4 is 11.5 Å². The van der Waals surface area contributed by atoms with E-state index < -0.39 is 6.23 Å². The van der Waals surface area contributed by atoms with Gasteiger partial charge in [-0.2, -0.15) is 0 Å². The summed E-state index contributed by atoms with van der Waals surface area (Å²) in [4.78, 5) is 0. The third-order valence-corrected chi connectivity index (χ3v) is 1.24. The van der Waals surface area contributed by atoms with Crippen molar-refractivity contribution in [3.05, 3.63) is 0 Å². The summed E-state index contributed by atoms with van der Waals surface area (Å²) < 4.78 is 9.95. The van der Waals surface area contributed by atoms with E-state index in [0.717, 1.165) is 0 Å². The van der Waals surface area contributed by atoms with Gasteiger partial charge in [0.05, 0.1) is 6.54 Å². The molecule has 0 rings (SSSR count). The van der Waals surface area contributed by atoms with E-state index in [9.17, 15) is 0 Å². The van der Waals surface area contributed by atoms with Gasteiger partial charge in [0.1, 0.15) is 12.8 Å². The molecule has 4 nitrogen and oxygen atoms in total. The van der Waals surface area contributed by atoms with Gasteiger partial charge in [-0.15, -0.1) is 0 Å². The molecule has 5 heteroatoms. The van der Waals surface area contributed by atoms with Crippen LogP contribution in [0.1, 0.15) is 6.92 Å². The summed E-state index contributed by atoms with van der Waals surface area (Å²) in [6.07, 6.45) is -0.413. The van der Waals surface area contributed by atoms with Crippen LogP contribution in [0.4, 0.5) is 0 Å². The lowest BCUT2D eigenvalue weighted by molar-refractivity contribution is 0.0293. The average molecular weight is 178 g/mol.